The van der Waals surface area contributed by atoms with Crippen molar-refractivity contribution in [1.82, 2.24) is 0 Å². The van der Waals surface area contributed by atoms with Crippen LogP contribution in [0, 0.1) is 22.7 Å². The van der Waals surface area contributed by atoms with Crippen molar-refractivity contribution in [1.29, 1.82) is 0 Å². The highest BCUT2D eigenvalue weighted by atomic mass is 16.7. The van der Waals surface area contributed by atoms with E-state index >= 15 is 0 Å². The molecule has 3 heteroatoms. The van der Waals surface area contributed by atoms with Crippen LogP contribution >= 0.6 is 0 Å². The Balaban J connectivity index is 1.51. The van der Waals surface area contributed by atoms with E-state index in [9.17, 15) is 0 Å². The first-order chi connectivity index (χ1) is 11.3. The Morgan fingerprint density at radius 2 is 1.92 bits per heavy atom. The highest BCUT2D eigenvalue weighted by molar-refractivity contribution is 5.20. The van der Waals surface area contributed by atoms with E-state index in [4.69, 9.17) is 15.2 Å². The summed E-state index contributed by atoms with van der Waals surface area (Å²) in [6, 6.07) is 10.2. The first kappa shape index (κ1) is 16.6. The van der Waals surface area contributed by atoms with E-state index < -0.39 is 0 Å². The molecule has 2 bridgehead atoms. The number of hydrogen-bond donors (Lipinski definition) is 1. The molecular weight excluding hydrogens is 298 g/mol. The lowest BCUT2D eigenvalue weighted by atomic mass is 9.70. The number of nitrogens with two attached hydrogens (primary N) is 1. The summed E-state index contributed by atoms with van der Waals surface area (Å²) < 4.78 is 12.9. The molecule has 4 rings (SSSR count). The first-order valence-corrected chi connectivity index (χ1v) is 9.46. The summed E-state index contributed by atoms with van der Waals surface area (Å²) in [5, 5.41) is 0. The molecule has 2 aliphatic carbocycles. The maximum atomic E-state index is 6.48. The smallest absolute Gasteiger partial charge is 0.159 e. The third-order valence-corrected chi connectivity index (χ3v) is 7.57. The summed E-state index contributed by atoms with van der Waals surface area (Å²) in [4.78, 5) is 0. The zero-order valence-corrected chi connectivity index (χ0v) is 15.4. The normalized spacial score (nSPS) is 42.0. The molecule has 0 radical (unpaired) electrons. The van der Waals surface area contributed by atoms with Crippen molar-refractivity contribution in [2.75, 3.05) is 0 Å². The van der Waals surface area contributed by atoms with Crippen LogP contribution in [0.15, 0.2) is 30.3 Å². The fourth-order valence-corrected chi connectivity index (χ4v) is 5.88. The van der Waals surface area contributed by atoms with Gasteiger partial charge in [0.15, 0.2) is 6.29 Å². The van der Waals surface area contributed by atoms with Crippen molar-refractivity contribution < 1.29 is 9.47 Å². The van der Waals surface area contributed by atoms with Crippen molar-refractivity contribution in [3.8, 4) is 0 Å². The van der Waals surface area contributed by atoms with Gasteiger partial charge >= 0.3 is 0 Å². The van der Waals surface area contributed by atoms with Crippen LogP contribution in [0.2, 0.25) is 0 Å². The van der Waals surface area contributed by atoms with Gasteiger partial charge < -0.3 is 15.2 Å². The molecule has 0 spiro atoms. The molecule has 0 unspecified atom stereocenters. The van der Waals surface area contributed by atoms with Crippen LogP contribution in [-0.4, -0.2) is 18.4 Å². The van der Waals surface area contributed by atoms with E-state index in [0.29, 0.717) is 17.4 Å². The molecule has 1 aliphatic heterocycles. The third kappa shape index (κ3) is 2.21. The maximum absolute atomic E-state index is 6.48. The Hall–Kier alpha value is -0.900. The highest BCUT2D eigenvalue weighted by Crippen LogP contribution is 2.71. The van der Waals surface area contributed by atoms with Gasteiger partial charge in [0.2, 0.25) is 0 Å². The molecule has 1 aromatic rings. The largest absolute Gasteiger partial charge is 0.349 e. The molecule has 2 saturated carbocycles. The fourth-order valence-electron chi connectivity index (χ4n) is 5.88. The molecule has 3 nitrogen and oxygen atoms in total. The van der Waals surface area contributed by atoms with Gasteiger partial charge in [-0.2, -0.15) is 0 Å². The molecular formula is C21H31NO2. The SMILES string of the molecule is C[C@@H](N)[C@@H](O[C@H]1C[C@@H]2[C@H]3CC[C@@](C)([C@@H]2O1)C3(C)C)c1ccccc1. The third-order valence-electron chi connectivity index (χ3n) is 7.57. The van der Waals surface area contributed by atoms with Gasteiger partial charge in [-0.05, 0) is 48.0 Å². The Bertz CT molecular complexity index is 599. The van der Waals surface area contributed by atoms with Crippen molar-refractivity contribution >= 4 is 0 Å². The van der Waals surface area contributed by atoms with Gasteiger partial charge in [-0.3, -0.25) is 0 Å². The molecule has 1 saturated heterocycles. The molecule has 132 valence electrons. The quantitative estimate of drug-likeness (QED) is 0.897. The monoisotopic (exact) mass is 329 g/mol. The number of benzene rings is 1. The minimum absolute atomic E-state index is 0.0554. The highest BCUT2D eigenvalue weighted by Gasteiger charge is 2.69. The van der Waals surface area contributed by atoms with Gasteiger partial charge in [0.1, 0.15) is 6.10 Å². The second kappa shape index (κ2) is 5.55. The zero-order valence-electron chi connectivity index (χ0n) is 15.4. The summed E-state index contributed by atoms with van der Waals surface area (Å²) in [6.07, 6.45) is 3.77. The van der Waals surface area contributed by atoms with Crippen LogP contribution in [0.25, 0.3) is 0 Å². The maximum Gasteiger partial charge on any atom is 0.159 e. The summed E-state index contributed by atoms with van der Waals surface area (Å²) in [5.74, 6) is 1.42. The van der Waals surface area contributed by atoms with Crippen LogP contribution in [-0.2, 0) is 9.47 Å². The molecule has 2 N–H and O–H groups in total. The van der Waals surface area contributed by atoms with E-state index in [-0.39, 0.29) is 23.9 Å². The van der Waals surface area contributed by atoms with E-state index in [1.807, 2.05) is 25.1 Å². The average Bonchev–Trinajstić information content (AvgIpc) is 3.11. The summed E-state index contributed by atoms with van der Waals surface area (Å²) in [6.45, 7) is 9.33. The van der Waals surface area contributed by atoms with Crippen molar-refractivity contribution in [2.24, 2.45) is 28.4 Å². The number of rotatable bonds is 4. The van der Waals surface area contributed by atoms with Crippen LogP contribution in [0.4, 0.5) is 0 Å². The summed E-state index contributed by atoms with van der Waals surface area (Å²) in [7, 11) is 0. The molecule has 7 atom stereocenters. The predicted molar refractivity (Wildman–Crippen MR) is 95.3 cm³/mol. The lowest BCUT2D eigenvalue weighted by Gasteiger charge is -2.39. The number of fused-ring (bicyclic) bond motifs is 5. The summed E-state index contributed by atoms with van der Waals surface area (Å²) >= 11 is 0. The predicted octanol–water partition coefficient (Wildman–Crippen LogP) is 4.28. The van der Waals surface area contributed by atoms with Crippen molar-refractivity contribution in [2.45, 2.75) is 71.5 Å². The van der Waals surface area contributed by atoms with Gasteiger partial charge in [0.25, 0.3) is 0 Å². The second-order valence-electron chi connectivity index (χ2n) is 9.00. The van der Waals surface area contributed by atoms with E-state index in [1.54, 1.807) is 0 Å². The summed E-state index contributed by atoms with van der Waals surface area (Å²) in [5.41, 5.74) is 8.03. The zero-order chi connectivity index (χ0) is 17.1. The van der Waals surface area contributed by atoms with Crippen molar-refractivity contribution in [3.63, 3.8) is 0 Å². The van der Waals surface area contributed by atoms with Crippen molar-refractivity contribution in [3.05, 3.63) is 35.9 Å². The molecule has 3 aliphatic rings. The van der Waals surface area contributed by atoms with Gasteiger partial charge in [-0.1, -0.05) is 51.1 Å². The molecule has 0 amide bonds. The van der Waals surface area contributed by atoms with Gasteiger partial charge in [-0.15, -0.1) is 0 Å². The topological polar surface area (TPSA) is 44.5 Å². The molecule has 24 heavy (non-hydrogen) atoms. The fraction of sp³-hybridized carbons (Fsp3) is 0.714. The minimum Gasteiger partial charge on any atom is -0.349 e. The Morgan fingerprint density at radius 3 is 2.54 bits per heavy atom. The van der Waals surface area contributed by atoms with Gasteiger partial charge in [-0.25, -0.2) is 0 Å². The second-order valence-corrected chi connectivity index (χ2v) is 9.00. The van der Waals surface area contributed by atoms with Crippen LogP contribution < -0.4 is 5.73 Å². The molecule has 3 fully saturated rings. The Kier molecular flexibility index (Phi) is 3.83. The lowest BCUT2D eigenvalue weighted by Crippen LogP contribution is -2.38. The minimum atomic E-state index is -0.118. The van der Waals surface area contributed by atoms with Gasteiger partial charge in [0.05, 0.1) is 6.10 Å². The first-order valence-electron chi connectivity index (χ1n) is 9.46. The van der Waals surface area contributed by atoms with E-state index in [1.165, 1.54) is 12.8 Å². The van der Waals surface area contributed by atoms with Crippen LogP contribution in [0.5, 0.6) is 0 Å². The number of ether oxygens (including phenoxy) is 2. The van der Waals surface area contributed by atoms with E-state index in [0.717, 1.165) is 17.9 Å². The average molecular weight is 329 g/mol. The molecule has 0 aromatic heterocycles. The van der Waals surface area contributed by atoms with Crippen LogP contribution in [0.1, 0.15) is 58.6 Å². The van der Waals surface area contributed by atoms with Gasteiger partial charge in [0, 0.05) is 12.5 Å². The standard InChI is InChI=1S/C21H31NO2/c1-13(22)18(14-8-6-5-7-9-14)23-17-12-15-16-10-11-21(4,19(15)24-17)20(16,2)3/h5-9,13,15-19H,10-12,22H2,1-4H3/t13-,15-,16-,17-,18-,19-,21+/m1/s1. The van der Waals surface area contributed by atoms with E-state index in [2.05, 4.69) is 32.9 Å². The Labute approximate surface area is 145 Å². The Morgan fingerprint density at radius 1 is 1.21 bits per heavy atom. The van der Waals surface area contributed by atoms with Crippen LogP contribution in [0.3, 0.4) is 0 Å². The lowest BCUT2D eigenvalue weighted by molar-refractivity contribution is -0.190. The molecule has 1 heterocycles. The molecule has 1 aromatic carbocycles. The number of hydrogen-bond acceptors (Lipinski definition) is 3.